The smallest absolute Gasteiger partial charge is 0.267 e. The van der Waals surface area contributed by atoms with Crippen molar-refractivity contribution in [3.8, 4) is 17.2 Å². The van der Waals surface area contributed by atoms with Crippen molar-refractivity contribution >= 4 is 52.6 Å². The Labute approximate surface area is 396 Å². The van der Waals surface area contributed by atoms with Gasteiger partial charge >= 0.3 is 0 Å². The molecule has 1 amide bonds. The van der Waals surface area contributed by atoms with Gasteiger partial charge in [-0.15, -0.1) is 12.4 Å². The number of methoxy groups -OCH3 is 1. The summed E-state index contributed by atoms with van der Waals surface area (Å²) >= 11 is 0. The molecule has 4 aromatic carbocycles. The van der Waals surface area contributed by atoms with Crippen LogP contribution in [0.1, 0.15) is 85.5 Å². The van der Waals surface area contributed by atoms with Gasteiger partial charge in [0.2, 0.25) is 5.78 Å². The van der Waals surface area contributed by atoms with E-state index < -0.39 is 102 Å². The van der Waals surface area contributed by atoms with E-state index in [0.29, 0.717) is 13.1 Å². The Hall–Kier alpha value is -6.03. The van der Waals surface area contributed by atoms with Gasteiger partial charge in [-0.2, -0.15) is 0 Å². The van der Waals surface area contributed by atoms with Crippen LogP contribution in [0.3, 0.4) is 0 Å². The minimum absolute atomic E-state index is 0. The highest BCUT2D eigenvalue weighted by Crippen LogP contribution is 2.52. The zero-order chi connectivity index (χ0) is 48.2. The first-order valence-corrected chi connectivity index (χ1v) is 21.7. The summed E-state index contributed by atoms with van der Waals surface area (Å²) in [5.41, 5.74) is 8.33. The first-order valence-electron chi connectivity index (χ1n) is 21.7. The Kier molecular flexibility index (Phi) is 16.6. The number of nitrogens with one attached hydrogen (secondary N) is 2. The van der Waals surface area contributed by atoms with E-state index in [1.54, 1.807) is 18.5 Å². The van der Waals surface area contributed by atoms with Crippen LogP contribution in [0.4, 0.5) is 0 Å². The summed E-state index contributed by atoms with van der Waals surface area (Å²) in [7, 11) is 1.32. The van der Waals surface area contributed by atoms with E-state index in [9.17, 15) is 49.8 Å². The zero-order valence-electron chi connectivity index (χ0n) is 37.3. The number of ketones is 3. The fourth-order valence-electron chi connectivity index (χ4n) is 9.04. The molecule has 0 radical (unpaired) electrons. The number of nitrogens with zero attached hydrogens (tertiary/aromatic N) is 1. The predicted octanol–water partition coefficient (Wildman–Crippen LogP) is 3.15. The van der Waals surface area contributed by atoms with Crippen LogP contribution in [0, 0.1) is 0 Å². The van der Waals surface area contributed by atoms with E-state index in [4.69, 9.17) is 25.2 Å². The number of amides is 1. The van der Waals surface area contributed by atoms with Gasteiger partial charge in [0.05, 0.1) is 48.7 Å². The number of hydrogen-bond acceptors (Lipinski definition) is 16. The lowest BCUT2D eigenvalue weighted by molar-refractivity contribution is -0.247. The van der Waals surface area contributed by atoms with Gasteiger partial charge in [0.25, 0.3) is 5.91 Å². The molecule has 2 heterocycles. The first-order chi connectivity index (χ1) is 32.1. The molecule has 0 spiro atoms. The summed E-state index contributed by atoms with van der Waals surface area (Å²) in [6, 6.07) is 19.7. The normalized spacial score (nSPS) is 21.9. The Morgan fingerprint density at radius 3 is 2.44 bits per heavy atom. The largest absolute Gasteiger partial charge is 0.507 e. The molecule has 19 heteroatoms. The molecule has 0 unspecified atom stereocenters. The quantitative estimate of drug-likeness (QED) is 0.0325. The Morgan fingerprint density at radius 1 is 1.00 bits per heavy atom. The highest BCUT2D eigenvalue weighted by molar-refractivity contribution is 6.31. The maximum absolute atomic E-state index is 13.6. The van der Waals surface area contributed by atoms with E-state index in [1.165, 1.54) is 42.3 Å². The second kappa shape index (κ2) is 21.9. The molecule has 5 aromatic rings. The number of para-hydroxylation sites is 1. The number of phenolic OH excluding ortho intramolecular Hbond substituents is 2. The third-order valence-electron chi connectivity index (χ3n) is 12.5. The molecule has 1 aromatic heterocycles. The third kappa shape index (κ3) is 10.5. The predicted molar refractivity (Wildman–Crippen MR) is 249 cm³/mol. The second-order valence-electron chi connectivity index (χ2n) is 16.8. The summed E-state index contributed by atoms with van der Waals surface area (Å²) in [5.74, 6) is -4.34. The van der Waals surface area contributed by atoms with Gasteiger partial charge in [0.1, 0.15) is 29.5 Å². The van der Waals surface area contributed by atoms with E-state index in [-0.39, 0.29) is 53.4 Å². The number of halogens is 1. The lowest BCUT2D eigenvalue weighted by Gasteiger charge is -2.42. The molecule has 11 N–H and O–H groups in total. The first kappa shape index (κ1) is 51.4. The van der Waals surface area contributed by atoms with Gasteiger partial charge in [0.15, 0.2) is 17.9 Å². The minimum Gasteiger partial charge on any atom is -0.507 e. The third-order valence-corrected chi connectivity index (χ3v) is 12.5. The number of carbonyl (C=O) groups excluding carboxylic acids is 4. The van der Waals surface area contributed by atoms with Crippen molar-refractivity contribution in [2.24, 2.45) is 5.73 Å². The number of aromatic amines is 1. The van der Waals surface area contributed by atoms with Gasteiger partial charge in [-0.05, 0) is 48.2 Å². The summed E-state index contributed by atoms with van der Waals surface area (Å²) < 4.78 is 17.0. The van der Waals surface area contributed by atoms with Crippen LogP contribution in [0.2, 0.25) is 0 Å². The molecule has 1 fully saturated rings. The van der Waals surface area contributed by atoms with Crippen LogP contribution in [-0.4, -0.2) is 133 Å². The Morgan fingerprint density at radius 2 is 1.74 bits per heavy atom. The van der Waals surface area contributed by atoms with Gasteiger partial charge < -0.3 is 55.6 Å². The number of Topliss-reactive ketones (excluding diaryl/α,β-unsaturated/α-hetero) is 1. The molecule has 0 bridgehead atoms. The van der Waals surface area contributed by atoms with E-state index in [2.05, 4.69) is 28.2 Å². The Bertz CT molecular complexity index is 2700. The van der Waals surface area contributed by atoms with E-state index >= 15 is 0 Å². The highest BCUT2D eigenvalue weighted by atomic mass is 35.5. The van der Waals surface area contributed by atoms with Crippen molar-refractivity contribution in [3.05, 3.63) is 129 Å². The molecule has 1 saturated heterocycles. The lowest BCUT2D eigenvalue weighted by atomic mass is 9.72. The monoisotopic (exact) mass is 958 g/mol. The number of hydroxylamine groups is 1. The number of nitrogens with two attached hydrogens (primary N) is 1. The number of hydrogen-bond donors (Lipinski definition) is 10. The molecular weight excluding hydrogens is 904 g/mol. The summed E-state index contributed by atoms with van der Waals surface area (Å²) in [4.78, 5) is 56.4. The summed E-state index contributed by atoms with van der Waals surface area (Å²) in [6.45, 7) is 2.79. The van der Waals surface area contributed by atoms with Gasteiger partial charge in [0, 0.05) is 84.8 Å². The van der Waals surface area contributed by atoms with Crippen LogP contribution in [0.25, 0.3) is 17.0 Å². The number of aliphatic hydroxyl groups is 4. The number of rotatable bonds is 14. The standard InChI is InChI=1S/C27H29NO11.C22H25N3O3.ClH/c1-10-22(31)13(28)6-17(38-10)39-15-8-27(36,16(30)9-29)7-12-19(15)26(35)21-20(24(12)33)23(32)11-4-3-5-14(37-2)18(11)25(21)34;26-13-12-25(11-10-19-15-23-21-7-2-1-6-20(19)21)16-18-5-3-4-17(14-18)8-9-22(27)24-28;/h3-5,10,13,15,17,22,29,31,33,35-36H,6-9,28H2,1-2H3;1-9,14-15,23,26,28H,10-13,16H2,(H,24,27);1H/b;9-8+;/t10-,13-,15-,17-,22+,27-;;/m0../s1. The molecule has 8 rings (SSSR count). The Balaban J connectivity index is 0.000000233. The number of aliphatic hydroxyl groups excluding tert-OH is 3. The topological polar surface area (TPSA) is 295 Å². The van der Waals surface area contributed by atoms with Crippen LogP contribution in [0.5, 0.6) is 17.2 Å². The number of carbonyl (C=O) groups is 4. The van der Waals surface area contributed by atoms with Crippen LogP contribution >= 0.6 is 12.4 Å². The van der Waals surface area contributed by atoms with Crippen LogP contribution in [0.15, 0.2) is 79.0 Å². The van der Waals surface area contributed by atoms with Crippen molar-refractivity contribution in [1.29, 1.82) is 0 Å². The van der Waals surface area contributed by atoms with Gasteiger partial charge in [-0.25, -0.2) is 5.48 Å². The minimum atomic E-state index is -2.24. The highest BCUT2D eigenvalue weighted by Gasteiger charge is 2.50. The molecule has 68 heavy (non-hydrogen) atoms. The van der Waals surface area contributed by atoms with Crippen molar-refractivity contribution in [3.63, 3.8) is 0 Å². The molecular formula is C49H55ClN4O14. The van der Waals surface area contributed by atoms with Crippen LogP contribution < -0.4 is 16.0 Å². The number of aromatic nitrogens is 1. The molecule has 0 saturated carbocycles. The lowest BCUT2D eigenvalue weighted by Crippen LogP contribution is -2.53. The SMILES string of the molecule is COc1cccc2c1C(=O)c1c(O)c3c(c(O)c1C2=O)C[C@@](O)(C(=O)CO)C[C@@H]3O[C@H]1C[C@H](N)[C@H](O)[C@H](C)O1.Cl.O=C(/C=C/c1cccc(CN(CCO)CCc2c[nH]c3ccccc23)c1)NO. The van der Waals surface area contributed by atoms with Crippen molar-refractivity contribution < 1.29 is 69.2 Å². The molecule has 3 aliphatic rings. The number of ether oxygens (including phenoxy) is 3. The fraction of sp³-hybridized carbons (Fsp3) is 0.347. The van der Waals surface area contributed by atoms with Crippen LogP contribution in [-0.2, 0) is 38.4 Å². The second-order valence-corrected chi connectivity index (χ2v) is 16.8. The van der Waals surface area contributed by atoms with Gasteiger partial charge in [-0.3, -0.25) is 29.3 Å². The van der Waals surface area contributed by atoms with E-state index in [1.807, 2.05) is 36.4 Å². The van der Waals surface area contributed by atoms with Crippen molar-refractivity contribution in [2.45, 2.75) is 75.4 Å². The van der Waals surface area contributed by atoms with Crippen molar-refractivity contribution in [2.75, 3.05) is 33.4 Å². The molecule has 362 valence electrons. The number of fused-ring (bicyclic) bond motifs is 4. The van der Waals surface area contributed by atoms with Crippen molar-refractivity contribution in [1.82, 2.24) is 15.4 Å². The number of H-pyrrole nitrogens is 1. The number of phenols is 2. The average Bonchev–Trinajstić information content (AvgIpc) is 3.74. The zero-order valence-corrected chi connectivity index (χ0v) is 38.1. The fourth-order valence-corrected chi connectivity index (χ4v) is 9.04. The molecule has 2 aliphatic carbocycles. The maximum Gasteiger partial charge on any atom is 0.267 e. The molecule has 18 nitrogen and oxygen atoms in total. The average molecular weight is 959 g/mol. The van der Waals surface area contributed by atoms with Gasteiger partial charge in [-0.1, -0.05) is 54.6 Å². The number of aromatic hydroxyl groups is 2. The molecule has 6 atom stereocenters. The van der Waals surface area contributed by atoms with E-state index in [0.717, 1.165) is 29.6 Å². The summed E-state index contributed by atoms with van der Waals surface area (Å²) in [5, 5.41) is 72.9. The summed E-state index contributed by atoms with van der Waals surface area (Å²) in [6.07, 6.45) is 0.751. The maximum atomic E-state index is 13.6. The number of benzene rings is 4. The molecule has 1 aliphatic heterocycles.